The van der Waals surface area contributed by atoms with Crippen LogP contribution in [0, 0.1) is 11.3 Å². The maximum absolute atomic E-state index is 9.12. The van der Waals surface area contributed by atoms with Gasteiger partial charge < -0.3 is 5.11 Å². The van der Waals surface area contributed by atoms with Crippen molar-refractivity contribution in [2.75, 3.05) is 18.1 Å². The predicted molar refractivity (Wildman–Crippen MR) is 70.6 cm³/mol. The Kier molecular flexibility index (Phi) is 8.73. The van der Waals surface area contributed by atoms with Gasteiger partial charge in [-0.3, -0.25) is 5.32 Å². The smallest absolute Gasteiger partial charge is 0.104 e. The summed E-state index contributed by atoms with van der Waals surface area (Å²) in [4.78, 5) is 0. The maximum atomic E-state index is 9.12. The van der Waals surface area contributed by atoms with Gasteiger partial charge in [-0.15, -0.1) is 0 Å². The summed E-state index contributed by atoms with van der Waals surface area (Å²) in [7, 11) is 0. The minimum Gasteiger partial charge on any atom is -0.396 e. The predicted octanol–water partition coefficient (Wildman–Crippen LogP) is 2.16. The average molecular weight is 244 g/mol. The molecular formula is C12H24N2OS. The van der Waals surface area contributed by atoms with E-state index in [-0.39, 0.29) is 6.61 Å². The molecule has 94 valence electrons. The van der Waals surface area contributed by atoms with Gasteiger partial charge in [-0.25, -0.2) is 0 Å². The van der Waals surface area contributed by atoms with Crippen molar-refractivity contribution in [1.82, 2.24) is 5.32 Å². The van der Waals surface area contributed by atoms with Gasteiger partial charge in [0.05, 0.1) is 6.07 Å². The van der Waals surface area contributed by atoms with Crippen molar-refractivity contribution in [3.8, 4) is 6.07 Å². The zero-order valence-corrected chi connectivity index (χ0v) is 11.4. The SMILES string of the molecule is CC(C)NC(C)(C#N)CCCSCCCO. The molecule has 2 N–H and O–H groups in total. The molecule has 0 aliphatic rings. The van der Waals surface area contributed by atoms with Crippen LogP contribution in [0.4, 0.5) is 0 Å². The average Bonchev–Trinajstić information content (AvgIpc) is 2.22. The number of aliphatic hydroxyl groups is 1. The third-order valence-electron chi connectivity index (χ3n) is 2.27. The quantitative estimate of drug-likeness (QED) is 0.610. The van der Waals surface area contributed by atoms with Crippen LogP contribution in [-0.4, -0.2) is 34.8 Å². The van der Waals surface area contributed by atoms with Crippen LogP contribution in [0.25, 0.3) is 0 Å². The molecule has 0 aromatic heterocycles. The van der Waals surface area contributed by atoms with Crippen LogP contribution in [-0.2, 0) is 0 Å². The van der Waals surface area contributed by atoms with E-state index in [1.165, 1.54) is 0 Å². The van der Waals surface area contributed by atoms with E-state index in [9.17, 15) is 0 Å². The molecule has 0 fully saturated rings. The molecule has 0 radical (unpaired) electrons. The van der Waals surface area contributed by atoms with Crippen molar-refractivity contribution in [2.24, 2.45) is 0 Å². The highest BCUT2D eigenvalue weighted by atomic mass is 32.2. The third kappa shape index (κ3) is 7.98. The van der Waals surface area contributed by atoms with Gasteiger partial charge in [0.25, 0.3) is 0 Å². The summed E-state index contributed by atoms with van der Waals surface area (Å²) in [6.07, 6.45) is 2.79. The van der Waals surface area contributed by atoms with Crippen molar-refractivity contribution in [2.45, 2.75) is 51.6 Å². The molecule has 3 nitrogen and oxygen atoms in total. The van der Waals surface area contributed by atoms with Crippen LogP contribution in [0.1, 0.15) is 40.0 Å². The Bertz CT molecular complexity index is 216. The molecule has 0 aromatic carbocycles. The normalized spacial score (nSPS) is 14.8. The van der Waals surface area contributed by atoms with E-state index in [2.05, 4.69) is 25.2 Å². The Hall–Kier alpha value is -0.240. The van der Waals surface area contributed by atoms with Gasteiger partial charge in [-0.05, 0) is 51.5 Å². The Morgan fingerprint density at radius 3 is 2.50 bits per heavy atom. The first-order chi connectivity index (χ1) is 7.54. The van der Waals surface area contributed by atoms with Gasteiger partial charge in [0.2, 0.25) is 0 Å². The fourth-order valence-corrected chi connectivity index (χ4v) is 2.48. The summed E-state index contributed by atoms with van der Waals surface area (Å²) in [5.74, 6) is 2.08. The van der Waals surface area contributed by atoms with Gasteiger partial charge in [-0.2, -0.15) is 17.0 Å². The Morgan fingerprint density at radius 2 is 2.00 bits per heavy atom. The zero-order chi connectivity index (χ0) is 12.4. The number of aliphatic hydroxyl groups excluding tert-OH is 1. The Balaban J connectivity index is 3.67. The van der Waals surface area contributed by atoms with Gasteiger partial charge >= 0.3 is 0 Å². The number of rotatable bonds is 9. The number of hydrogen-bond donors (Lipinski definition) is 2. The Labute approximate surface area is 104 Å². The molecule has 0 aliphatic carbocycles. The molecule has 4 heteroatoms. The molecule has 0 rings (SSSR count). The first kappa shape index (κ1) is 15.8. The second kappa shape index (κ2) is 8.86. The Morgan fingerprint density at radius 1 is 1.38 bits per heavy atom. The molecule has 0 spiro atoms. The first-order valence-electron chi connectivity index (χ1n) is 5.91. The lowest BCUT2D eigenvalue weighted by Crippen LogP contribution is -2.44. The monoisotopic (exact) mass is 244 g/mol. The molecule has 0 heterocycles. The molecule has 0 aromatic rings. The van der Waals surface area contributed by atoms with Crippen LogP contribution < -0.4 is 5.32 Å². The second-order valence-corrected chi connectivity index (χ2v) is 5.76. The van der Waals surface area contributed by atoms with E-state index >= 15 is 0 Å². The maximum Gasteiger partial charge on any atom is 0.104 e. The van der Waals surface area contributed by atoms with Gasteiger partial charge in [0.1, 0.15) is 5.54 Å². The van der Waals surface area contributed by atoms with Crippen molar-refractivity contribution < 1.29 is 5.11 Å². The van der Waals surface area contributed by atoms with Crippen molar-refractivity contribution in [1.29, 1.82) is 5.26 Å². The summed E-state index contributed by atoms with van der Waals surface area (Å²) in [5.41, 5.74) is -0.397. The molecule has 1 atom stereocenters. The highest BCUT2D eigenvalue weighted by Crippen LogP contribution is 2.15. The summed E-state index contributed by atoms with van der Waals surface area (Å²) in [6.45, 7) is 6.36. The first-order valence-corrected chi connectivity index (χ1v) is 7.07. The van der Waals surface area contributed by atoms with Crippen LogP contribution in [0.15, 0.2) is 0 Å². The molecule has 0 bridgehead atoms. The largest absolute Gasteiger partial charge is 0.396 e. The third-order valence-corrected chi connectivity index (χ3v) is 3.42. The van der Waals surface area contributed by atoms with E-state index < -0.39 is 5.54 Å². The van der Waals surface area contributed by atoms with E-state index in [1.807, 2.05) is 18.7 Å². The zero-order valence-electron chi connectivity index (χ0n) is 10.6. The van der Waals surface area contributed by atoms with Gasteiger partial charge in [0.15, 0.2) is 0 Å². The van der Waals surface area contributed by atoms with Gasteiger partial charge in [0, 0.05) is 12.6 Å². The summed E-state index contributed by atoms with van der Waals surface area (Å²) >= 11 is 1.85. The minimum absolute atomic E-state index is 0.276. The molecule has 0 aliphatic heterocycles. The van der Waals surface area contributed by atoms with Crippen LogP contribution in [0.5, 0.6) is 0 Å². The van der Waals surface area contributed by atoms with Crippen molar-refractivity contribution >= 4 is 11.8 Å². The molecule has 0 amide bonds. The highest BCUT2D eigenvalue weighted by molar-refractivity contribution is 7.99. The van der Waals surface area contributed by atoms with E-state index in [4.69, 9.17) is 10.4 Å². The number of nitrogens with zero attached hydrogens (tertiary/aromatic N) is 1. The standard InChI is InChI=1S/C12H24N2OS/c1-11(2)14-12(3,10-13)6-4-8-16-9-5-7-15/h11,14-15H,4-9H2,1-3H3. The van der Waals surface area contributed by atoms with Crippen molar-refractivity contribution in [3.05, 3.63) is 0 Å². The number of nitrogens with one attached hydrogen (secondary N) is 1. The fraction of sp³-hybridized carbons (Fsp3) is 0.917. The molecule has 16 heavy (non-hydrogen) atoms. The number of hydrogen-bond acceptors (Lipinski definition) is 4. The lowest BCUT2D eigenvalue weighted by atomic mass is 9.97. The molecule has 0 saturated carbocycles. The lowest BCUT2D eigenvalue weighted by Gasteiger charge is -2.25. The summed E-state index contributed by atoms with van der Waals surface area (Å²) in [5, 5.41) is 21.0. The van der Waals surface area contributed by atoms with Gasteiger partial charge in [-0.1, -0.05) is 0 Å². The topological polar surface area (TPSA) is 56.0 Å². The lowest BCUT2D eigenvalue weighted by molar-refractivity contribution is 0.296. The van der Waals surface area contributed by atoms with E-state index in [0.717, 1.165) is 30.8 Å². The minimum atomic E-state index is -0.397. The fourth-order valence-electron chi connectivity index (χ4n) is 1.59. The molecule has 1 unspecified atom stereocenters. The molecular weight excluding hydrogens is 220 g/mol. The van der Waals surface area contributed by atoms with Crippen LogP contribution in [0.3, 0.4) is 0 Å². The van der Waals surface area contributed by atoms with Crippen molar-refractivity contribution in [3.63, 3.8) is 0 Å². The van der Waals surface area contributed by atoms with E-state index in [0.29, 0.717) is 6.04 Å². The summed E-state index contributed by atoms with van der Waals surface area (Å²) < 4.78 is 0. The van der Waals surface area contributed by atoms with Crippen LogP contribution in [0.2, 0.25) is 0 Å². The van der Waals surface area contributed by atoms with Crippen LogP contribution >= 0.6 is 11.8 Å². The van der Waals surface area contributed by atoms with E-state index in [1.54, 1.807) is 0 Å². The summed E-state index contributed by atoms with van der Waals surface area (Å²) in [6, 6.07) is 2.69. The number of thioether (sulfide) groups is 1. The number of nitriles is 1. The molecule has 0 saturated heterocycles. The second-order valence-electron chi connectivity index (χ2n) is 4.54. The highest BCUT2D eigenvalue weighted by Gasteiger charge is 2.23.